The predicted molar refractivity (Wildman–Crippen MR) is 28.5 cm³/mol. The van der Waals surface area contributed by atoms with Gasteiger partial charge in [-0.05, 0) is 0 Å². The summed E-state index contributed by atoms with van der Waals surface area (Å²) in [5.74, 6) is -1.94. The third-order valence-corrected chi connectivity index (χ3v) is 0.715. The topological polar surface area (TPSA) is 63.6 Å². The van der Waals surface area contributed by atoms with E-state index in [0.29, 0.717) is 0 Å². The zero-order valence-corrected chi connectivity index (χ0v) is 4.74. The van der Waals surface area contributed by atoms with Crippen molar-refractivity contribution in [2.75, 3.05) is 6.61 Å². The SMILES string of the molecule is [CH2+]C(COC=O)C(=O)O. The molecule has 0 fully saturated rings. The molecule has 1 unspecified atom stereocenters. The van der Waals surface area contributed by atoms with Crippen molar-refractivity contribution >= 4 is 12.4 Å². The first kappa shape index (κ1) is 7.81. The zero-order valence-electron chi connectivity index (χ0n) is 4.74. The summed E-state index contributed by atoms with van der Waals surface area (Å²) < 4.78 is 4.13. The quantitative estimate of drug-likeness (QED) is 0.420. The maximum Gasteiger partial charge on any atom is 0.355 e. The molecule has 0 aromatic carbocycles. The van der Waals surface area contributed by atoms with Gasteiger partial charge in [-0.15, -0.1) is 0 Å². The first-order valence-electron chi connectivity index (χ1n) is 2.29. The van der Waals surface area contributed by atoms with E-state index in [9.17, 15) is 9.59 Å². The maximum atomic E-state index is 9.95. The summed E-state index contributed by atoms with van der Waals surface area (Å²) in [6, 6.07) is 0. The number of ether oxygens (including phenoxy) is 1. The summed E-state index contributed by atoms with van der Waals surface area (Å²) >= 11 is 0. The summed E-state index contributed by atoms with van der Waals surface area (Å²) in [4.78, 5) is 19.4. The van der Waals surface area contributed by atoms with Crippen molar-refractivity contribution in [2.24, 2.45) is 5.92 Å². The Balaban J connectivity index is 3.37. The monoisotopic (exact) mass is 131 g/mol. The van der Waals surface area contributed by atoms with Crippen molar-refractivity contribution in [3.8, 4) is 0 Å². The second kappa shape index (κ2) is 3.77. The lowest BCUT2D eigenvalue weighted by molar-refractivity contribution is -0.143. The molecule has 0 radical (unpaired) electrons. The molecule has 1 atom stereocenters. The Kier molecular flexibility index (Phi) is 3.27. The average Bonchev–Trinajstić information content (AvgIpc) is 1.82. The second-order valence-electron chi connectivity index (χ2n) is 1.46. The molecule has 0 saturated heterocycles. The van der Waals surface area contributed by atoms with E-state index < -0.39 is 11.9 Å². The molecular weight excluding hydrogens is 124 g/mol. The van der Waals surface area contributed by atoms with Crippen LogP contribution < -0.4 is 0 Å². The molecule has 1 N–H and O–H groups in total. The highest BCUT2D eigenvalue weighted by Gasteiger charge is 2.17. The van der Waals surface area contributed by atoms with E-state index in [-0.39, 0.29) is 13.1 Å². The molecule has 0 aliphatic heterocycles. The van der Waals surface area contributed by atoms with E-state index in [2.05, 4.69) is 11.7 Å². The molecule has 0 rings (SSSR count). The van der Waals surface area contributed by atoms with Crippen molar-refractivity contribution in [1.29, 1.82) is 0 Å². The highest BCUT2D eigenvalue weighted by Crippen LogP contribution is 1.92. The third kappa shape index (κ3) is 3.40. The predicted octanol–water partition coefficient (Wildman–Crippen LogP) is -0.306. The van der Waals surface area contributed by atoms with E-state index in [0.717, 1.165) is 0 Å². The minimum atomic E-state index is -1.07. The van der Waals surface area contributed by atoms with Crippen LogP contribution in [0.3, 0.4) is 0 Å². The maximum absolute atomic E-state index is 9.95. The van der Waals surface area contributed by atoms with Crippen LogP contribution in [0.4, 0.5) is 0 Å². The van der Waals surface area contributed by atoms with Crippen LogP contribution in [-0.2, 0) is 14.3 Å². The molecule has 0 heterocycles. The van der Waals surface area contributed by atoms with Crippen LogP contribution in [-0.4, -0.2) is 24.2 Å². The van der Waals surface area contributed by atoms with Gasteiger partial charge in [0, 0.05) is 0 Å². The largest absolute Gasteiger partial charge is 0.478 e. The Hall–Kier alpha value is -1.19. The Labute approximate surface area is 52.4 Å². The summed E-state index contributed by atoms with van der Waals surface area (Å²) in [5.41, 5.74) is 0. The number of rotatable bonds is 4. The van der Waals surface area contributed by atoms with Gasteiger partial charge in [-0.25, -0.2) is 4.79 Å². The molecule has 4 heteroatoms. The van der Waals surface area contributed by atoms with Crippen molar-refractivity contribution < 1.29 is 19.4 Å². The fourth-order valence-electron chi connectivity index (χ4n) is 0.227. The highest BCUT2D eigenvalue weighted by atomic mass is 16.5. The van der Waals surface area contributed by atoms with Gasteiger partial charge < -0.3 is 9.84 Å². The number of hydrogen-bond donors (Lipinski definition) is 1. The van der Waals surface area contributed by atoms with Crippen molar-refractivity contribution in [3.05, 3.63) is 6.92 Å². The molecule has 0 aromatic rings. The standard InChI is InChI=1S/C5H6O4/c1-4(5(7)8)2-9-3-6/h3-4H,1-2H2/p+1. The normalized spacial score (nSPS) is 12.0. The molecule has 0 aromatic heterocycles. The highest BCUT2D eigenvalue weighted by molar-refractivity contribution is 5.70. The Bertz CT molecular complexity index is 110. The molecule has 0 spiro atoms. The van der Waals surface area contributed by atoms with Crippen LogP contribution >= 0.6 is 0 Å². The van der Waals surface area contributed by atoms with Gasteiger partial charge in [-0.3, -0.25) is 4.79 Å². The molecule has 9 heavy (non-hydrogen) atoms. The Morgan fingerprint density at radius 2 is 2.44 bits per heavy atom. The van der Waals surface area contributed by atoms with E-state index in [1.165, 1.54) is 0 Å². The second-order valence-corrected chi connectivity index (χ2v) is 1.46. The first-order chi connectivity index (χ1) is 4.18. The number of carbonyl (C=O) groups excluding carboxylic acids is 1. The molecule has 0 aliphatic carbocycles. The van der Waals surface area contributed by atoms with Crippen LogP contribution in [0.25, 0.3) is 0 Å². The summed E-state index contributed by atoms with van der Waals surface area (Å²) in [5, 5.41) is 8.15. The van der Waals surface area contributed by atoms with Gasteiger partial charge in [0.15, 0.2) is 0 Å². The number of aliphatic carboxylic acids is 1. The van der Waals surface area contributed by atoms with Crippen LogP contribution in [0.1, 0.15) is 0 Å². The van der Waals surface area contributed by atoms with Gasteiger partial charge in [0.25, 0.3) is 6.47 Å². The van der Waals surface area contributed by atoms with Crippen LogP contribution in [0.5, 0.6) is 0 Å². The molecule has 4 nitrogen and oxygen atoms in total. The van der Waals surface area contributed by atoms with Gasteiger partial charge in [0.05, 0.1) is 6.92 Å². The van der Waals surface area contributed by atoms with Gasteiger partial charge >= 0.3 is 5.97 Å². The fourth-order valence-corrected chi connectivity index (χ4v) is 0.227. The molecule has 0 aliphatic rings. The molecule has 50 valence electrons. The molecular formula is C5H7O4+. The van der Waals surface area contributed by atoms with Crippen LogP contribution in [0.15, 0.2) is 0 Å². The van der Waals surface area contributed by atoms with Crippen LogP contribution in [0, 0.1) is 12.8 Å². The van der Waals surface area contributed by atoms with Gasteiger partial charge in [-0.1, -0.05) is 0 Å². The lowest BCUT2D eigenvalue weighted by atomic mass is 10.2. The van der Waals surface area contributed by atoms with Gasteiger partial charge in [-0.2, -0.15) is 0 Å². The van der Waals surface area contributed by atoms with Gasteiger partial charge in [0.1, 0.15) is 6.61 Å². The smallest absolute Gasteiger partial charge is 0.355 e. The van der Waals surface area contributed by atoms with Crippen molar-refractivity contribution in [1.82, 2.24) is 0 Å². The Morgan fingerprint density at radius 1 is 1.89 bits per heavy atom. The summed E-state index contributed by atoms with van der Waals surface area (Å²) in [7, 11) is 0. The number of hydrogen-bond acceptors (Lipinski definition) is 3. The van der Waals surface area contributed by atoms with E-state index in [1.807, 2.05) is 0 Å². The third-order valence-electron chi connectivity index (χ3n) is 0.715. The zero-order chi connectivity index (χ0) is 7.28. The number of carboxylic acids is 1. The Morgan fingerprint density at radius 3 is 2.78 bits per heavy atom. The molecule has 0 amide bonds. The minimum absolute atomic E-state index is 0.168. The first-order valence-corrected chi connectivity index (χ1v) is 2.29. The van der Waals surface area contributed by atoms with Crippen molar-refractivity contribution in [2.45, 2.75) is 0 Å². The van der Waals surface area contributed by atoms with E-state index in [4.69, 9.17) is 5.11 Å². The average molecular weight is 131 g/mol. The summed E-state index contributed by atoms with van der Waals surface area (Å²) in [6.45, 7) is 3.22. The van der Waals surface area contributed by atoms with E-state index >= 15 is 0 Å². The summed E-state index contributed by atoms with van der Waals surface area (Å²) in [6.07, 6.45) is 0. The van der Waals surface area contributed by atoms with Crippen LogP contribution in [0.2, 0.25) is 0 Å². The molecule has 0 bridgehead atoms. The number of carboxylic acid groups (broad SMARTS) is 1. The van der Waals surface area contributed by atoms with Gasteiger partial charge in [0.2, 0.25) is 5.92 Å². The van der Waals surface area contributed by atoms with E-state index in [1.54, 1.807) is 0 Å². The molecule has 0 saturated carbocycles. The van der Waals surface area contributed by atoms with Crippen molar-refractivity contribution in [3.63, 3.8) is 0 Å². The lowest BCUT2D eigenvalue weighted by Crippen LogP contribution is -2.15. The minimum Gasteiger partial charge on any atom is -0.478 e. The number of carbonyl (C=O) groups is 2. The lowest BCUT2D eigenvalue weighted by Gasteiger charge is -1.95. The fraction of sp³-hybridized carbons (Fsp3) is 0.400.